The second kappa shape index (κ2) is 18.0. The molecule has 0 unspecified atom stereocenters. The Morgan fingerprint density at radius 3 is 0.778 bits per heavy atom. The molecule has 0 amide bonds. The first-order valence-electron chi connectivity index (χ1n) is 8.27. The summed E-state index contributed by atoms with van der Waals surface area (Å²) in [6.45, 7) is 10.9. The van der Waals surface area contributed by atoms with E-state index >= 15 is 0 Å². The van der Waals surface area contributed by atoms with E-state index in [1.165, 1.54) is 16.7 Å². The van der Waals surface area contributed by atoms with Crippen molar-refractivity contribution in [2.45, 2.75) is 0 Å². The van der Waals surface area contributed by atoms with Gasteiger partial charge in [0.25, 0.3) is 0 Å². The van der Waals surface area contributed by atoms with E-state index in [2.05, 4.69) is 19.7 Å². The topological polar surface area (TPSA) is 40.5 Å². The van der Waals surface area contributed by atoms with Gasteiger partial charge in [0.2, 0.25) is 0 Å². The third kappa shape index (κ3) is 14.1. The van der Waals surface area contributed by atoms with Crippen LogP contribution in [0.4, 0.5) is 0 Å². The molecule has 0 radical (unpaired) electrons. The fraction of sp³-hybridized carbons (Fsp3) is 0. The van der Waals surface area contributed by atoms with Crippen molar-refractivity contribution >= 4 is 27.3 Å². The lowest BCUT2D eigenvalue weighted by molar-refractivity contribution is 0.513. The van der Waals surface area contributed by atoms with Crippen molar-refractivity contribution in [1.82, 2.24) is 0 Å². The van der Waals surface area contributed by atoms with Gasteiger partial charge in [-0.05, 0) is 16.7 Å². The maximum atomic E-state index is 7.15. The van der Waals surface area contributed by atoms with Gasteiger partial charge < -0.3 is 9.79 Å². The van der Waals surface area contributed by atoms with Crippen molar-refractivity contribution in [1.29, 1.82) is 0 Å². The van der Waals surface area contributed by atoms with Crippen molar-refractivity contribution in [3.63, 3.8) is 0 Å². The van der Waals surface area contributed by atoms with Crippen LogP contribution in [0.2, 0.25) is 0 Å². The molecule has 0 atom stereocenters. The molecule has 3 heteroatoms. The van der Waals surface area contributed by atoms with Crippen molar-refractivity contribution in [2.24, 2.45) is 0 Å². The van der Waals surface area contributed by atoms with E-state index in [9.17, 15) is 0 Å². The van der Waals surface area contributed by atoms with Crippen LogP contribution in [0, 0.1) is 0 Å². The molecule has 0 bridgehead atoms. The number of benzene rings is 3. The fourth-order valence-electron chi connectivity index (χ4n) is 1.77. The molecular weight excluding hydrogens is 351 g/mol. The highest BCUT2D eigenvalue weighted by atomic mass is 31.1. The van der Waals surface area contributed by atoms with Crippen LogP contribution < -0.4 is 0 Å². The number of hydrogen-bond donors (Lipinski definition) is 2. The van der Waals surface area contributed by atoms with E-state index < -0.39 is 9.03 Å². The van der Waals surface area contributed by atoms with Crippen LogP contribution in [0.25, 0.3) is 18.2 Å². The van der Waals surface area contributed by atoms with Crippen LogP contribution in [0.1, 0.15) is 16.7 Å². The molecule has 0 spiro atoms. The summed E-state index contributed by atoms with van der Waals surface area (Å²) in [7, 11) is -0.917. The van der Waals surface area contributed by atoms with Gasteiger partial charge in [-0.25, -0.2) is 0 Å². The number of hydrogen-bond acceptors (Lipinski definition) is 2. The Morgan fingerprint density at radius 1 is 0.481 bits per heavy atom. The summed E-state index contributed by atoms with van der Waals surface area (Å²) < 4.78 is 0. The molecule has 0 aliphatic rings. The zero-order chi connectivity index (χ0) is 20.2. The van der Waals surface area contributed by atoms with Crippen molar-refractivity contribution < 1.29 is 9.79 Å². The van der Waals surface area contributed by atoms with Gasteiger partial charge in [-0.3, -0.25) is 0 Å². The van der Waals surface area contributed by atoms with Crippen LogP contribution in [0.5, 0.6) is 0 Å². The normalized spacial score (nSPS) is 8.22. The molecule has 0 heterocycles. The largest absolute Gasteiger partial charge is 0.352 e. The minimum absolute atomic E-state index is 0.917. The SMILES string of the molecule is C=Cc1ccccc1.C=Cc1ccccc1.C=Cc1ccccc1.OPO. The molecule has 27 heavy (non-hydrogen) atoms. The van der Waals surface area contributed by atoms with Gasteiger partial charge in [-0.2, -0.15) is 0 Å². The molecule has 3 aromatic carbocycles. The Kier molecular flexibility index (Phi) is 16.2. The first-order chi connectivity index (χ1) is 13.2. The predicted molar refractivity (Wildman–Crippen MR) is 122 cm³/mol. The van der Waals surface area contributed by atoms with E-state index in [1.807, 2.05) is 109 Å². The van der Waals surface area contributed by atoms with Gasteiger partial charge in [-0.15, -0.1) is 0 Å². The average molecular weight is 378 g/mol. The lowest BCUT2D eigenvalue weighted by Crippen LogP contribution is -1.63. The molecule has 0 saturated heterocycles. The zero-order valence-corrected chi connectivity index (χ0v) is 16.4. The Labute approximate surface area is 164 Å². The molecular formula is C24H27O2P. The van der Waals surface area contributed by atoms with E-state index in [1.54, 1.807) is 0 Å². The molecule has 0 aliphatic heterocycles. The van der Waals surface area contributed by atoms with E-state index in [0.717, 1.165) is 0 Å². The second-order valence-electron chi connectivity index (χ2n) is 4.94. The van der Waals surface area contributed by atoms with E-state index in [0.29, 0.717) is 0 Å². The highest BCUT2D eigenvalue weighted by Crippen LogP contribution is 1.98. The predicted octanol–water partition coefficient (Wildman–Crippen LogP) is 6.47. The summed E-state index contributed by atoms with van der Waals surface area (Å²) in [5.74, 6) is 0. The monoisotopic (exact) mass is 378 g/mol. The van der Waals surface area contributed by atoms with Gasteiger partial charge >= 0.3 is 0 Å². The molecule has 3 aromatic rings. The van der Waals surface area contributed by atoms with E-state index in [4.69, 9.17) is 9.79 Å². The molecule has 0 saturated carbocycles. The van der Waals surface area contributed by atoms with Gasteiger partial charge in [0.15, 0.2) is 0 Å². The van der Waals surface area contributed by atoms with Crippen LogP contribution in [0.3, 0.4) is 0 Å². The average Bonchev–Trinajstić information content (AvgIpc) is 2.77. The summed E-state index contributed by atoms with van der Waals surface area (Å²) in [5, 5.41) is 0. The van der Waals surface area contributed by atoms with Crippen LogP contribution >= 0.6 is 9.03 Å². The highest BCUT2D eigenvalue weighted by Gasteiger charge is 1.77. The standard InChI is InChI=1S/3C8H8.H3O2P/c3*1-2-8-6-4-3-5-7-8;1-3-2/h3*2-7H,1H2;1-3H. The van der Waals surface area contributed by atoms with Crippen molar-refractivity contribution in [3.05, 3.63) is 127 Å². The van der Waals surface area contributed by atoms with Crippen LogP contribution in [-0.2, 0) is 0 Å². The summed E-state index contributed by atoms with van der Waals surface area (Å²) in [4.78, 5) is 14.3. The summed E-state index contributed by atoms with van der Waals surface area (Å²) >= 11 is 0. The Balaban J connectivity index is 0.000000350. The van der Waals surface area contributed by atoms with Gasteiger partial charge in [-0.1, -0.05) is 129 Å². The fourth-order valence-corrected chi connectivity index (χ4v) is 1.77. The third-order valence-electron chi connectivity index (χ3n) is 3.11. The smallest absolute Gasteiger partial charge is 0.149 e. The van der Waals surface area contributed by atoms with Gasteiger partial charge in [0.1, 0.15) is 9.03 Å². The third-order valence-corrected chi connectivity index (χ3v) is 3.11. The van der Waals surface area contributed by atoms with Gasteiger partial charge in [0.05, 0.1) is 0 Å². The highest BCUT2D eigenvalue weighted by molar-refractivity contribution is 7.23. The van der Waals surface area contributed by atoms with Gasteiger partial charge in [0, 0.05) is 0 Å². The minimum Gasteiger partial charge on any atom is -0.352 e. The molecule has 2 nitrogen and oxygen atoms in total. The molecule has 0 aromatic heterocycles. The quantitative estimate of drug-likeness (QED) is 0.513. The zero-order valence-electron chi connectivity index (χ0n) is 15.4. The minimum atomic E-state index is -0.917. The van der Waals surface area contributed by atoms with Crippen LogP contribution in [0.15, 0.2) is 111 Å². The Bertz CT molecular complexity index is 623. The van der Waals surface area contributed by atoms with Crippen molar-refractivity contribution in [3.8, 4) is 0 Å². The lowest BCUT2D eigenvalue weighted by Gasteiger charge is -1.85. The maximum Gasteiger partial charge on any atom is 0.149 e. The maximum absolute atomic E-state index is 7.15. The summed E-state index contributed by atoms with van der Waals surface area (Å²) in [6, 6.07) is 30.1. The van der Waals surface area contributed by atoms with E-state index in [-0.39, 0.29) is 0 Å². The second-order valence-corrected chi connectivity index (χ2v) is 5.14. The summed E-state index contributed by atoms with van der Waals surface area (Å²) in [6.07, 6.45) is 5.50. The lowest BCUT2D eigenvalue weighted by atomic mass is 10.2. The molecule has 3 rings (SSSR count). The molecule has 0 aliphatic carbocycles. The molecule has 140 valence electrons. The first kappa shape index (κ1) is 24.2. The Hall–Kier alpha value is -2.77. The first-order valence-corrected chi connectivity index (χ1v) is 9.16. The van der Waals surface area contributed by atoms with Crippen LogP contribution in [-0.4, -0.2) is 9.79 Å². The number of rotatable bonds is 3. The van der Waals surface area contributed by atoms with Crippen molar-refractivity contribution in [2.75, 3.05) is 0 Å². The summed E-state index contributed by atoms with van der Waals surface area (Å²) in [5.41, 5.74) is 3.52. The Morgan fingerprint density at radius 2 is 0.667 bits per heavy atom. The molecule has 2 N–H and O–H groups in total. The molecule has 0 fully saturated rings.